The summed E-state index contributed by atoms with van der Waals surface area (Å²) in [7, 11) is 0. The highest BCUT2D eigenvalue weighted by molar-refractivity contribution is 7.98. The first-order chi connectivity index (χ1) is 16.8. The van der Waals surface area contributed by atoms with Crippen molar-refractivity contribution in [1.29, 1.82) is 0 Å². The van der Waals surface area contributed by atoms with E-state index in [1.807, 2.05) is 67.3 Å². The smallest absolute Gasteiger partial charge is 0.379 e. The van der Waals surface area contributed by atoms with Crippen molar-refractivity contribution >= 4 is 29.4 Å². The van der Waals surface area contributed by atoms with Crippen molar-refractivity contribution < 1.29 is 17.9 Å². The number of alkyl halides is 3. The summed E-state index contributed by atoms with van der Waals surface area (Å²) in [6.07, 6.45) is 7.35. The standard InChI is InChI=1S/C18H18BF3S.C9H16N2O/c1-23-17-11-7-10-16(14-17)19(15-8-3-2-4-9-15)13-6-5-12-18(20,21)22;1-9(2)12-7-3-5-11-6-4-10-8-11/h2-5,7-12,14H,6,13H2,1H3;4,6,8-9H,3,5,7H2,1-2H3. The predicted molar refractivity (Wildman–Crippen MR) is 142 cm³/mol. The first-order valence-corrected chi connectivity index (χ1v) is 13.0. The van der Waals surface area contributed by atoms with E-state index < -0.39 is 6.18 Å². The third-order valence-electron chi connectivity index (χ3n) is 5.20. The van der Waals surface area contributed by atoms with Gasteiger partial charge in [-0.05, 0) is 39.0 Å². The lowest BCUT2D eigenvalue weighted by molar-refractivity contribution is -0.0800. The summed E-state index contributed by atoms with van der Waals surface area (Å²) in [5, 5.41) is 0. The van der Waals surface area contributed by atoms with Crippen molar-refractivity contribution in [2.24, 2.45) is 0 Å². The van der Waals surface area contributed by atoms with Crippen LogP contribution in [0.25, 0.3) is 0 Å². The Labute approximate surface area is 211 Å². The van der Waals surface area contributed by atoms with E-state index in [4.69, 9.17) is 4.74 Å². The monoisotopic (exact) mass is 502 g/mol. The maximum Gasteiger partial charge on any atom is 0.409 e. The molecule has 0 fully saturated rings. The fourth-order valence-electron chi connectivity index (χ4n) is 3.53. The average molecular weight is 502 g/mol. The highest BCUT2D eigenvalue weighted by Gasteiger charge is 2.22. The third-order valence-corrected chi connectivity index (χ3v) is 5.92. The number of allylic oxidation sites excluding steroid dienone is 2. The van der Waals surface area contributed by atoms with Gasteiger partial charge in [0.2, 0.25) is 6.71 Å². The zero-order valence-corrected chi connectivity index (χ0v) is 21.4. The zero-order chi connectivity index (χ0) is 25.5. The molecule has 1 aromatic heterocycles. The van der Waals surface area contributed by atoms with Crippen LogP contribution in [0.15, 0.2) is 90.4 Å². The number of ether oxygens (including phenoxy) is 1. The number of benzene rings is 2. The first kappa shape index (κ1) is 28.8. The largest absolute Gasteiger partial charge is 0.409 e. The van der Waals surface area contributed by atoms with Crippen LogP contribution in [0.2, 0.25) is 6.32 Å². The second kappa shape index (κ2) is 15.5. The molecule has 0 amide bonds. The molecule has 0 saturated heterocycles. The van der Waals surface area contributed by atoms with Gasteiger partial charge in [0.25, 0.3) is 0 Å². The molecule has 0 radical (unpaired) electrons. The van der Waals surface area contributed by atoms with E-state index in [2.05, 4.69) is 29.5 Å². The van der Waals surface area contributed by atoms with Crippen molar-refractivity contribution in [2.45, 2.75) is 56.7 Å². The SMILES string of the molecule is CC(C)OCCCn1ccnc1.CSc1cccc(B(CCC=CC(F)(F)F)c2ccccc2)c1. The first-order valence-electron chi connectivity index (χ1n) is 11.8. The van der Waals surface area contributed by atoms with Crippen molar-refractivity contribution in [2.75, 3.05) is 12.9 Å². The van der Waals surface area contributed by atoms with Crippen LogP contribution in [0.3, 0.4) is 0 Å². The summed E-state index contributed by atoms with van der Waals surface area (Å²) >= 11 is 1.66. The minimum atomic E-state index is -4.24. The number of aryl methyl sites for hydroxylation is 1. The quantitative estimate of drug-likeness (QED) is 0.135. The number of rotatable bonds is 11. The van der Waals surface area contributed by atoms with Gasteiger partial charge in [0.15, 0.2) is 0 Å². The van der Waals surface area contributed by atoms with Crippen LogP contribution in [-0.2, 0) is 11.3 Å². The summed E-state index contributed by atoms with van der Waals surface area (Å²) in [5.41, 5.74) is 2.27. The van der Waals surface area contributed by atoms with E-state index in [1.165, 1.54) is 6.08 Å². The molecule has 2 aromatic carbocycles. The minimum absolute atomic E-state index is 0.0983. The molecule has 0 saturated carbocycles. The second-order valence-corrected chi connectivity index (χ2v) is 9.21. The van der Waals surface area contributed by atoms with Crippen LogP contribution in [-0.4, -0.2) is 41.4 Å². The van der Waals surface area contributed by atoms with Crippen LogP contribution >= 0.6 is 11.8 Å². The number of nitrogens with zero attached hydrogens (tertiary/aromatic N) is 2. The molecule has 8 heteroatoms. The van der Waals surface area contributed by atoms with Crippen LogP contribution in [0.5, 0.6) is 0 Å². The molecular formula is C27H34BF3N2OS. The fraction of sp³-hybridized carbons (Fsp3) is 0.370. The molecule has 3 rings (SSSR count). The Morgan fingerprint density at radius 1 is 1.09 bits per heavy atom. The van der Waals surface area contributed by atoms with Gasteiger partial charge in [-0.1, -0.05) is 71.9 Å². The molecule has 188 valence electrons. The van der Waals surface area contributed by atoms with E-state index in [0.29, 0.717) is 24.9 Å². The van der Waals surface area contributed by atoms with E-state index in [0.717, 1.165) is 35.4 Å². The lowest BCUT2D eigenvalue weighted by atomic mass is 9.38. The Hall–Kier alpha value is -2.45. The maximum atomic E-state index is 12.2. The molecule has 3 aromatic rings. The predicted octanol–water partition coefficient (Wildman–Crippen LogP) is 6.22. The number of hydrogen-bond acceptors (Lipinski definition) is 3. The van der Waals surface area contributed by atoms with Gasteiger partial charge in [-0.25, -0.2) is 4.98 Å². The highest BCUT2D eigenvalue weighted by Crippen LogP contribution is 2.17. The second-order valence-electron chi connectivity index (χ2n) is 8.33. The molecule has 0 bridgehead atoms. The number of halogens is 3. The molecule has 0 N–H and O–H groups in total. The van der Waals surface area contributed by atoms with Gasteiger partial charge >= 0.3 is 6.18 Å². The van der Waals surface area contributed by atoms with Gasteiger partial charge < -0.3 is 9.30 Å². The van der Waals surface area contributed by atoms with Crippen molar-refractivity contribution in [3.8, 4) is 0 Å². The molecule has 35 heavy (non-hydrogen) atoms. The molecule has 1 heterocycles. The summed E-state index contributed by atoms with van der Waals surface area (Å²) < 4.78 is 44.2. The van der Waals surface area contributed by atoms with Crippen molar-refractivity contribution in [1.82, 2.24) is 9.55 Å². The van der Waals surface area contributed by atoms with Crippen LogP contribution in [0.1, 0.15) is 26.7 Å². The Bertz CT molecular complexity index is 980. The fourth-order valence-corrected chi connectivity index (χ4v) is 4.00. The van der Waals surface area contributed by atoms with Gasteiger partial charge in [0, 0.05) is 36.5 Å². The summed E-state index contributed by atoms with van der Waals surface area (Å²) in [6, 6.07) is 18.2. The summed E-state index contributed by atoms with van der Waals surface area (Å²) in [6.45, 7) is 6.03. The zero-order valence-electron chi connectivity index (χ0n) is 20.6. The molecule has 3 nitrogen and oxygen atoms in total. The lowest BCUT2D eigenvalue weighted by Crippen LogP contribution is -2.41. The Morgan fingerprint density at radius 3 is 2.46 bits per heavy atom. The van der Waals surface area contributed by atoms with E-state index in [-0.39, 0.29) is 6.71 Å². The van der Waals surface area contributed by atoms with Gasteiger partial charge in [0.05, 0.1) is 12.4 Å². The van der Waals surface area contributed by atoms with E-state index >= 15 is 0 Å². The van der Waals surface area contributed by atoms with Crippen LogP contribution < -0.4 is 10.9 Å². The molecule has 0 unspecified atom stereocenters. The van der Waals surface area contributed by atoms with Crippen LogP contribution in [0.4, 0.5) is 13.2 Å². The topological polar surface area (TPSA) is 27.1 Å². The normalized spacial score (nSPS) is 11.5. The minimum Gasteiger partial charge on any atom is -0.379 e. The number of imidazole rings is 1. The average Bonchev–Trinajstić information content (AvgIpc) is 3.36. The molecule has 0 aliphatic rings. The van der Waals surface area contributed by atoms with E-state index in [1.54, 1.807) is 18.0 Å². The molecule has 0 aliphatic heterocycles. The molecule has 0 atom stereocenters. The summed E-state index contributed by atoms with van der Waals surface area (Å²) in [5.74, 6) is 0. The van der Waals surface area contributed by atoms with Gasteiger partial charge in [-0.15, -0.1) is 11.8 Å². The third kappa shape index (κ3) is 12.2. The lowest BCUT2D eigenvalue weighted by Gasteiger charge is -2.15. The van der Waals surface area contributed by atoms with Crippen molar-refractivity contribution in [3.63, 3.8) is 0 Å². The van der Waals surface area contributed by atoms with Gasteiger partial charge in [-0.2, -0.15) is 13.2 Å². The van der Waals surface area contributed by atoms with Gasteiger partial charge in [0.1, 0.15) is 0 Å². The number of hydrogen-bond donors (Lipinski definition) is 0. The number of aromatic nitrogens is 2. The summed E-state index contributed by atoms with van der Waals surface area (Å²) in [4.78, 5) is 5.12. The van der Waals surface area contributed by atoms with Gasteiger partial charge in [-0.3, -0.25) is 0 Å². The highest BCUT2D eigenvalue weighted by atomic mass is 32.2. The number of thioether (sulfide) groups is 1. The van der Waals surface area contributed by atoms with Crippen LogP contribution in [0, 0.1) is 0 Å². The molecular weight excluding hydrogens is 468 g/mol. The Balaban J connectivity index is 0.000000303. The molecule has 0 aliphatic carbocycles. The molecule has 0 spiro atoms. The van der Waals surface area contributed by atoms with Crippen molar-refractivity contribution in [3.05, 3.63) is 85.5 Å². The maximum absolute atomic E-state index is 12.2. The van der Waals surface area contributed by atoms with E-state index in [9.17, 15) is 13.2 Å². The Morgan fingerprint density at radius 2 is 1.83 bits per heavy atom. The Kier molecular flexibility index (Phi) is 12.8.